The Morgan fingerprint density at radius 3 is 2.75 bits per heavy atom. The van der Waals surface area contributed by atoms with Crippen molar-refractivity contribution in [2.75, 3.05) is 19.7 Å². The molecule has 1 saturated heterocycles. The molecule has 1 aliphatic heterocycles. The van der Waals surface area contributed by atoms with Crippen molar-refractivity contribution in [2.24, 2.45) is 0 Å². The molecule has 1 fully saturated rings. The van der Waals surface area contributed by atoms with Crippen LogP contribution < -0.4 is 5.32 Å². The van der Waals surface area contributed by atoms with Gasteiger partial charge in [0, 0.05) is 12.6 Å². The largest absolute Gasteiger partial charge is 0.375 e. The lowest BCUT2D eigenvalue weighted by Crippen LogP contribution is -2.48. The maximum absolute atomic E-state index is 12.0. The molecule has 0 aliphatic carbocycles. The molecule has 4 nitrogen and oxygen atoms in total. The van der Waals surface area contributed by atoms with Crippen LogP contribution in [0.25, 0.3) is 0 Å². The van der Waals surface area contributed by atoms with E-state index in [2.05, 4.69) is 29.3 Å². The average molecular weight is 276 g/mol. The first-order valence-electron chi connectivity index (χ1n) is 7.26. The summed E-state index contributed by atoms with van der Waals surface area (Å²) in [5.74, 6) is 0.0787. The third kappa shape index (κ3) is 4.05. The van der Waals surface area contributed by atoms with Gasteiger partial charge in [-0.15, -0.1) is 0 Å². The number of ether oxygens (including phenoxy) is 1. The molecule has 0 spiro atoms. The molecular weight excluding hydrogens is 252 g/mol. The normalized spacial score (nSPS) is 23.8. The van der Waals surface area contributed by atoms with Crippen molar-refractivity contribution in [2.45, 2.75) is 39.0 Å². The molecule has 2 atom stereocenters. The van der Waals surface area contributed by atoms with Gasteiger partial charge in [0.05, 0.1) is 25.3 Å². The molecule has 0 radical (unpaired) electrons. The number of nitrogens with zero attached hydrogens (tertiary/aromatic N) is 1. The Labute approximate surface area is 121 Å². The molecule has 1 aromatic rings. The summed E-state index contributed by atoms with van der Waals surface area (Å²) in [6.07, 6.45) is 0.168. The van der Waals surface area contributed by atoms with E-state index in [1.165, 1.54) is 5.56 Å². The molecule has 1 amide bonds. The second-order valence-electron chi connectivity index (χ2n) is 5.72. The number of carbonyl (C=O) groups is 1. The highest BCUT2D eigenvalue weighted by molar-refractivity contribution is 5.78. The molecular formula is C16H24N2O2. The third-order valence-corrected chi connectivity index (χ3v) is 3.45. The summed E-state index contributed by atoms with van der Waals surface area (Å²) >= 11 is 0. The fraction of sp³-hybridized carbons (Fsp3) is 0.562. The summed E-state index contributed by atoms with van der Waals surface area (Å²) in [7, 11) is 0. The minimum absolute atomic E-state index is 0.0787. The van der Waals surface area contributed by atoms with E-state index in [0.717, 1.165) is 6.54 Å². The standard InChI is InChI=1S/C16H24N2O2/c1-12(2)17-16(19)10-18-9-13(3)20-11-15(18)14-7-5-4-6-8-14/h4-8,12-13,15H,9-11H2,1-3H3,(H,17,19)/t13-,15-/m0/s1. The number of carbonyl (C=O) groups excluding carboxylic acids is 1. The molecule has 2 rings (SSSR count). The summed E-state index contributed by atoms with van der Waals surface area (Å²) in [6, 6.07) is 10.6. The molecule has 1 aliphatic rings. The van der Waals surface area contributed by atoms with E-state index in [9.17, 15) is 4.79 Å². The second-order valence-corrected chi connectivity index (χ2v) is 5.72. The Hall–Kier alpha value is -1.39. The van der Waals surface area contributed by atoms with Crippen molar-refractivity contribution in [3.05, 3.63) is 35.9 Å². The van der Waals surface area contributed by atoms with E-state index in [-0.39, 0.29) is 24.1 Å². The van der Waals surface area contributed by atoms with E-state index in [1.54, 1.807) is 0 Å². The Morgan fingerprint density at radius 1 is 1.40 bits per heavy atom. The van der Waals surface area contributed by atoms with Crippen LogP contribution in [0, 0.1) is 0 Å². The maximum Gasteiger partial charge on any atom is 0.234 e. The van der Waals surface area contributed by atoms with Crippen molar-refractivity contribution >= 4 is 5.91 Å². The number of morpholine rings is 1. The third-order valence-electron chi connectivity index (χ3n) is 3.45. The van der Waals surface area contributed by atoms with Gasteiger partial charge < -0.3 is 10.1 Å². The van der Waals surface area contributed by atoms with Gasteiger partial charge in [-0.2, -0.15) is 0 Å². The zero-order chi connectivity index (χ0) is 14.5. The van der Waals surface area contributed by atoms with Crippen LogP contribution >= 0.6 is 0 Å². The van der Waals surface area contributed by atoms with Gasteiger partial charge in [-0.3, -0.25) is 9.69 Å². The lowest BCUT2D eigenvalue weighted by Gasteiger charge is -2.38. The Kier molecular flexibility index (Phi) is 5.15. The van der Waals surface area contributed by atoms with E-state index in [1.807, 2.05) is 32.0 Å². The maximum atomic E-state index is 12.0. The second kappa shape index (κ2) is 6.86. The smallest absolute Gasteiger partial charge is 0.234 e. The minimum atomic E-state index is 0.0787. The number of hydrogen-bond acceptors (Lipinski definition) is 3. The topological polar surface area (TPSA) is 41.6 Å². The van der Waals surface area contributed by atoms with Crippen molar-refractivity contribution in [1.82, 2.24) is 10.2 Å². The number of nitrogens with one attached hydrogen (secondary N) is 1. The first-order chi connectivity index (χ1) is 9.56. The average Bonchev–Trinajstić information content (AvgIpc) is 2.39. The van der Waals surface area contributed by atoms with Crippen LogP contribution in [-0.2, 0) is 9.53 Å². The van der Waals surface area contributed by atoms with Gasteiger partial charge >= 0.3 is 0 Å². The van der Waals surface area contributed by atoms with Crippen LogP contribution in [0.2, 0.25) is 0 Å². The van der Waals surface area contributed by atoms with Crippen LogP contribution in [-0.4, -0.2) is 42.6 Å². The summed E-state index contributed by atoms with van der Waals surface area (Å²) in [4.78, 5) is 14.2. The van der Waals surface area contributed by atoms with Crippen LogP contribution in [0.5, 0.6) is 0 Å². The lowest BCUT2D eigenvalue weighted by atomic mass is 10.0. The molecule has 1 heterocycles. The number of amides is 1. The first-order valence-corrected chi connectivity index (χ1v) is 7.26. The van der Waals surface area contributed by atoms with E-state index < -0.39 is 0 Å². The quantitative estimate of drug-likeness (QED) is 0.914. The first kappa shape index (κ1) is 15.0. The van der Waals surface area contributed by atoms with Gasteiger partial charge in [0.2, 0.25) is 5.91 Å². The molecule has 1 N–H and O–H groups in total. The van der Waals surface area contributed by atoms with E-state index >= 15 is 0 Å². The predicted octanol–water partition coefficient (Wildman–Crippen LogP) is 1.97. The summed E-state index contributed by atoms with van der Waals surface area (Å²) in [6.45, 7) is 7.86. The van der Waals surface area contributed by atoms with Gasteiger partial charge in [0.15, 0.2) is 0 Å². The Balaban J connectivity index is 2.07. The molecule has 0 aromatic heterocycles. The minimum Gasteiger partial charge on any atom is -0.375 e. The van der Waals surface area contributed by atoms with Gasteiger partial charge in [0.25, 0.3) is 0 Å². The van der Waals surface area contributed by atoms with Crippen molar-refractivity contribution in [3.63, 3.8) is 0 Å². The highest BCUT2D eigenvalue weighted by atomic mass is 16.5. The molecule has 110 valence electrons. The highest BCUT2D eigenvalue weighted by Crippen LogP contribution is 2.25. The van der Waals surface area contributed by atoms with Gasteiger partial charge in [0.1, 0.15) is 0 Å². The van der Waals surface area contributed by atoms with Crippen LogP contribution in [0.1, 0.15) is 32.4 Å². The van der Waals surface area contributed by atoms with Crippen LogP contribution in [0.15, 0.2) is 30.3 Å². The lowest BCUT2D eigenvalue weighted by molar-refractivity contribution is -0.126. The zero-order valence-corrected chi connectivity index (χ0v) is 12.5. The SMILES string of the molecule is CC(C)NC(=O)CN1C[C@H](C)OC[C@H]1c1ccccc1. The molecule has 0 bridgehead atoms. The van der Waals surface area contributed by atoms with Gasteiger partial charge in [-0.05, 0) is 26.3 Å². The number of hydrogen-bond donors (Lipinski definition) is 1. The molecule has 0 saturated carbocycles. The van der Waals surface area contributed by atoms with Gasteiger partial charge in [-0.1, -0.05) is 30.3 Å². The van der Waals surface area contributed by atoms with E-state index in [4.69, 9.17) is 4.74 Å². The number of benzene rings is 1. The summed E-state index contributed by atoms with van der Waals surface area (Å²) in [5, 5.41) is 2.96. The van der Waals surface area contributed by atoms with E-state index in [0.29, 0.717) is 13.2 Å². The summed E-state index contributed by atoms with van der Waals surface area (Å²) < 4.78 is 5.76. The molecule has 0 unspecified atom stereocenters. The molecule has 4 heteroatoms. The molecule has 20 heavy (non-hydrogen) atoms. The predicted molar refractivity (Wildman–Crippen MR) is 79.4 cm³/mol. The molecule has 1 aromatic carbocycles. The zero-order valence-electron chi connectivity index (χ0n) is 12.5. The summed E-state index contributed by atoms with van der Waals surface area (Å²) in [5.41, 5.74) is 1.21. The Bertz CT molecular complexity index is 433. The van der Waals surface area contributed by atoms with Crippen molar-refractivity contribution in [3.8, 4) is 0 Å². The van der Waals surface area contributed by atoms with Crippen molar-refractivity contribution < 1.29 is 9.53 Å². The number of rotatable bonds is 4. The van der Waals surface area contributed by atoms with Gasteiger partial charge in [-0.25, -0.2) is 0 Å². The van der Waals surface area contributed by atoms with Crippen LogP contribution in [0.4, 0.5) is 0 Å². The van der Waals surface area contributed by atoms with Crippen molar-refractivity contribution in [1.29, 1.82) is 0 Å². The highest BCUT2D eigenvalue weighted by Gasteiger charge is 2.29. The van der Waals surface area contributed by atoms with Crippen LogP contribution in [0.3, 0.4) is 0 Å². The fourth-order valence-electron chi connectivity index (χ4n) is 2.58. The fourth-order valence-corrected chi connectivity index (χ4v) is 2.58. The monoisotopic (exact) mass is 276 g/mol. The Morgan fingerprint density at radius 2 is 2.10 bits per heavy atom.